The monoisotopic (exact) mass is 224 g/mol. The quantitative estimate of drug-likeness (QED) is 0.715. The first-order valence-electron chi connectivity index (χ1n) is 6.42. The number of aryl methyl sites for hydroxylation is 2. The molecule has 0 atom stereocenters. The van der Waals surface area contributed by atoms with Crippen molar-refractivity contribution in [3.63, 3.8) is 0 Å². The fourth-order valence-electron chi connectivity index (χ4n) is 2.29. The molecule has 88 valence electrons. The average Bonchev–Trinajstić information content (AvgIpc) is 2.32. The summed E-state index contributed by atoms with van der Waals surface area (Å²) in [7, 11) is 0. The largest absolute Gasteiger partial charge is 0.0651 e. The molecule has 0 saturated heterocycles. The lowest BCUT2D eigenvalue weighted by Crippen LogP contribution is -1.95. The minimum Gasteiger partial charge on any atom is -0.0651 e. The summed E-state index contributed by atoms with van der Waals surface area (Å²) in [5, 5.41) is 0. The summed E-state index contributed by atoms with van der Waals surface area (Å²) in [6, 6.07) is 17.6. The van der Waals surface area contributed by atoms with E-state index in [-0.39, 0.29) is 0 Å². The molecule has 0 amide bonds. The second-order valence-corrected chi connectivity index (χ2v) is 4.68. The summed E-state index contributed by atoms with van der Waals surface area (Å²) in [6.45, 7) is 4.39. The Hall–Kier alpha value is -1.56. The number of rotatable bonds is 4. The molecule has 0 fully saturated rings. The molecule has 0 nitrogen and oxygen atoms in total. The van der Waals surface area contributed by atoms with Crippen molar-refractivity contribution in [2.24, 2.45) is 0 Å². The predicted octanol–water partition coefficient (Wildman–Crippen LogP) is 4.54. The highest BCUT2D eigenvalue weighted by molar-refractivity contribution is 5.34. The maximum atomic E-state index is 2.28. The fourth-order valence-corrected chi connectivity index (χ4v) is 2.29. The van der Waals surface area contributed by atoms with Crippen molar-refractivity contribution in [2.45, 2.75) is 33.1 Å². The Morgan fingerprint density at radius 2 is 1.65 bits per heavy atom. The number of benzene rings is 2. The molecule has 2 rings (SSSR count). The molecule has 0 heteroatoms. The van der Waals surface area contributed by atoms with E-state index >= 15 is 0 Å². The van der Waals surface area contributed by atoms with Gasteiger partial charge in [0.2, 0.25) is 0 Å². The lowest BCUT2D eigenvalue weighted by molar-refractivity contribution is 0.904. The van der Waals surface area contributed by atoms with Crippen LogP contribution in [-0.2, 0) is 12.8 Å². The molecule has 0 bridgehead atoms. The molecule has 0 radical (unpaired) electrons. The van der Waals surface area contributed by atoms with Crippen LogP contribution in [-0.4, -0.2) is 0 Å². The molecule has 0 N–H and O–H groups in total. The zero-order valence-corrected chi connectivity index (χ0v) is 10.7. The first kappa shape index (κ1) is 11.9. The molecule has 0 aliphatic carbocycles. The SMILES string of the molecule is CCCc1ccccc1Cc1cccc(C)c1. The topological polar surface area (TPSA) is 0 Å². The van der Waals surface area contributed by atoms with Gasteiger partial charge in [-0.25, -0.2) is 0 Å². The van der Waals surface area contributed by atoms with Gasteiger partial charge in [-0.3, -0.25) is 0 Å². The predicted molar refractivity (Wildman–Crippen MR) is 74.4 cm³/mol. The fraction of sp³-hybridized carbons (Fsp3) is 0.294. The zero-order chi connectivity index (χ0) is 12.1. The molecule has 0 aliphatic rings. The van der Waals surface area contributed by atoms with Gasteiger partial charge in [0.05, 0.1) is 0 Å². The Balaban J connectivity index is 2.23. The van der Waals surface area contributed by atoms with Crippen LogP contribution < -0.4 is 0 Å². The van der Waals surface area contributed by atoms with Crippen molar-refractivity contribution in [1.29, 1.82) is 0 Å². The summed E-state index contributed by atoms with van der Waals surface area (Å²) in [4.78, 5) is 0. The summed E-state index contributed by atoms with van der Waals surface area (Å²) in [5.74, 6) is 0. The molecule has 0 unspecified atom stereocenters. The van der Waals surface area contributed by atoms with Crippen molar-refractivity contribution in [3.05, 3.63) is 70.8 Å². The van der Waals surface area contributed by atoms with Gasteiger partial charge in [-0.1, -0.05) is 67.4 Å². The van der Waals surface area contributed by atoms with Gasteiger partial charge in [-0.2, -0.15) is 0 Å². The highest BCUT2D eigenvalue weighted by Crippen LogP contribution is 2.16. The average molecular weight is 224 g/mol. The Labute approximate surface area is 104 Å². The van der Waals surface area contributed by atoms with E-state index in [1.807, 2.05) is 0 Å². The Morgan fingerprint density at radius 1 is 0.882 bits per heavy atom. The van der Waals surface area contributed by atoms with Crippen molar-refractivity contribution in [2.75, 3.05) is 0 Å². The minimum absolute atomic E-state index is 1.05. The van der Waals surface area contributed by atoms with Gasteiger partial charge in [0.25, 0.3) is 0 Å². The lowest BCUT2D eigenvalue weighted by Gasteiger charge is -2.09. The molecule has 0 spiro atoms. The maximum absolute atomic E-state index is 2.28. The second-order valence-electron chi connectivity index (χ2n) is 4.68. The van der Waals surface area contributed by atoms with Crippen LogP contribution in [0.3, 0.4) is 0 Å². The van der Waals surface area contributed by atoms with Crippen LogP contribution in [0.15, 0.2) is 48.5 Å². The van der Waals surface area contributed by atoms with Gasteiger partial charge in [0.15, 0.2) is 0 Å². The van der Waals surface area contributed by atoms with Gasteiger partial charge >= 0.3 is 0 Å². The van der Waals surface area contributed by atoms with E-state index in [2.05, 4.69) is 62.4 Å². The summed E-state index contributed by atoms with van der Waals surface area (Å²) in [5.41, 5.74) is 5.72. The normalized spacial score (nSPS) is 10.5. The van der Waals surface area contributed by atoms with Crippen molar-refractivity contribution < 1.29 is 0 Å². The second kappa shape index (κ2) is 5.67. The molecule has 0 aromatic heterocycles. The van der Waals surface area contributed by atoms with E-state index in [1.54, 1.807) is 0 Å². The van der Waals surface area contributed by atoms with Gasteiger partial charge in [-0.15, -0.1) is 0 Å². The third kappa shape index (κ3) is 3.20. The van der Waals surface area contributed by atoms with E-state index in [0.717, 1.165) is 6.42 Å². The van der Waals surface area contributed by atoms with Crippen molar-refractivity contribution >= 4 is 0 Å². The standard InChI is InChI=1S/C17H20/c1-3-7-16-10-4-5-11-17(16)13-15-9-6-8-14(2)12-15/h4-6,8-12H,3,7,13H2,1-2H3. The summed E-state index contributed by atoms with van der Waals surface area (Å²) in [6.07, 6.45) is 3.45. The highest BCUT2D eigenvalue weighted by Gasteiger charge is 2.02. The molecular weight excluding hydrogens is 204 g/mol. The third-order valence-corrected chi connectivity index (χ3v) is 3.11. The molecule has 2 aromatic carbocycles. The maximum Gasteiger partial charge on any atom is -0.00229 e. The third-order valence-electron chi connectivity index (χ3n) is 3.11. The van der Waals surface area contributed by atoms with Gasteiger partial charge < -0.3 is 0 Å². The number of hydrogen-bond donors (Lipinski definition) is 0. The Kier molecular flexibility index (Phi) is 3.98. The Morgan fingerprint density at radius 3 is 2.35 bits per heavy atom. The van der Waals surface area contributed by atoms with Crippen LogP contribution in [0.2, 0.25) is 0 Å². The van der Waals surface area contributed by atoms with E-state index in [4.69, 9.17) is 0 Å². The molecule has 17 heavy (non-hydrogen) atoms. The van der Waals surface area contributed by atoms with E-state index in [1.165, 1.54) is 35.1 Å². The van der Waals surface area contributed by atoms with Crippen LogP contribution in [0.4, 0.5) is 0 Å². The first-order chi connectivity index (χ1) is 8.29. The summed E-state index contributed by atoms with van der Waals surface area (Å²) < 4.78 is 0. The molecule has 2 aromatic rings. The molecule has 0 aliphatic heterocycles. The molecular formula is C17H20. The van der Waals surface area contributed by atoms with Crippen LogP contribution in [0.5, 0.6) is 0 Å². The van der Waals surface area contributed by atoms with Crippen LogP contribution in [0.25, 0.3) is 0 Å². The zero-order valence-electron chi connectivity index (χ0n) is 10.7. The highest BCUT2D eigenvalue weighted by atomic mass is 14.1. The smallest absolute Gasteiger partial charge is 0.00229 e. The molecule has 0 heterocycles. The van der Waals surface area contributed by atoms with Gasteiger partial charge in [0, 0.05) is 0 Å². The first-order valence-corrected chi connectivity index (χ1v) is 6.42. The van der Waals surface area contributed by atoms with Gasteiger partial charge in [0.1, 0.15) is 0 Å². The summed E-state index contributed by atoms with van der Waals surface area (Å²) >= 11 is 0. The number of hydrogen-bond acceptors (Lipinski definition) is 0. The van der Waals surface area contributed by atoms with E-state index in [0.29, 0.717) is 0 Å². The van der Waals surface area contributed by atoms with Crippen LogP contribution in [0.1, 0.15) is 35.6 Å². The van der Waals surface area contributed by atoms with Crippen LogP contribution >= 0.6 is 0 Å². The van der Waals surface area contributed by atoms with Gasteiger partial charge in [-0.05, 0) is 36.5 Å². The van der Waals surface area contributed by atoms with Crippen LogP contribution in [0, 0.1) is 6.92 Å². The Bertz CT molecular complexity index is 483. The van der Waals surface area contributed by atoms with Crippen molar-refractivity contribution in [3.8, 4) is 0 Å². The molecule has 0 saturated carbocycles. The van der Waals surface area contributed by atoms with Crippen molar-refractivity contribution in [1.82, 2.24) is 0 Å². The van der Waals surface area contributed by atoms with E-state index in [9.17, 15) is 0 Å². The minimum atomic E-state index is 1.05. The van der Waals surface area contributed by atoms with E-state index < -0.39 is 0 Å². The lowest BCUT2D eigenvalue weighted by atomic mass is 9.96.